The largest absolute Gasteiger partial charge is 0.342 e. The first-order valence-electron chi connectivity index (χ1n) is 3.80. The van der Waals surface area contributed by atoms with Gasteiger partial charge in [-0.15, -0.1) is 0 Å². The summed E-state index contributed by atoms with van der Waals surface area (Å²) >= 11 is 3.40. The van der Waals surface area contributed by atoms with Crippen LogP contribution in [0.25, 0.3) is 11.4 Å². The number of benzene rings is 1. The predicted molar refractivity (Wildman–Crippen MR) is 52.2 cm³/mol. The molecule has 0 saturated carbocycles. The van der Waals surface area contributed by atoms with E-state index < -0.39 is 0 Å². The highest BCUT2D eigenvalue weighted by atomic mass is 79.9. The molecule has 0 atom stereocenters. The third-order valence-corrected chi connectivity index (χ3v) is 2.28. The highest BCUT2D eigenvalue weighted by Crippen LogP contribution is 2.22. The number of rotatable bonds is 1. The predicted octanol–water partition coefficient (Wildman–Crippen LogP) is 2.81. The van der Waals surface area contributed by atoms with E-state index in [-0.39, 0.29) is 0 Å². The summed E-state index contributed by atoms with van der Waals surface area (Å²) in [4.78, 5) is 3.98. The van der Waals surface area contributed by atoms with Crippen LogP contribution in [0.5, 0.6) is 0 Å². The van der Waals surface area contributed by atoms with Crippen molar-refractivity contribution in [2.24, 2.45) is 0 Å². The Morgan fingerprint density at radius 1 is 1.38 bits per heavy atom. The molecule has 0 aliphatic rings. The fourth-order valence-corrected chi connectivity index (χ4v) is 1.64. The molecule has 0 aliphatic carbocycles. The lowest BCUT2D eigenvalue weighted by Gasteiger charge is -2.00. The maximum absolute atomic E-state index is 4.68. The van der Waals surface area contributed by atoms with E-state index >= 15 is 0 Å². The monoisotopic (exact) mass is 238 g/mol. The molecule has 1 heterocycles. The van der Waals surface area contributed by atoms with Crippen LogP contribution in [0.2, 0.25) is 0 Å². The molecular weight excluding hydrogens is 232 g/mol. The average molecular weight is 239 g/mol. The second-order valence-electron chi connectivity index (χ2n) is 2.71. The van der Waals surface area contributed by atoms with Crippen LogP contribution in [-0.4, -0.2) is 10.1 Å². The molecular formula is C9H7BrN2O. The summed E-state index contributed by atoms with van der Waals surface area (Å²) < 4.78 is 5.73. The van der Waals surface area contributed by atoms with E-state index in [2.05, 4.69) is 30.6 Å². The van der Waals surface area contributed by atoms with Gasteiger partial charge in [-0.05, 0) is 30.7 Å². The summed E-state index contributed by atoms with van der Waals surface area (Å²) in [6.45, 7) is 2.01. The Morgan fingerprint density at radius 2 is 2.23 bits per heavy atom. The zero-order valence-electron chi connectivity index (χ0n) is 6.99. The smallest absolute Gasteiger partial charge is 0.214 e. The molecule has 0 N–H and O–H groups in total. The quantitative estimate of drug-likeness (QED) is 0.767. The lowest BCUT2D eigenvalue weighted by atomic mass is 10.1. The summed E-state index contributed by atoms with van der Waals surface area (Å²) in [7, 11) is 0. The molecule has 0 unspecified atom stereocenters. The van der Waals surface area contributed by atoms with Crippen LogP contribution in [0.3, 0.4) is 0 Å². The van der Waals surface area contributed by atoms with Gasteiger partial charge < -0.3 is 4.52 Å². The molecule has 1 aromatic heterocycles. The summed E-state index contributed by atoms with van der Waals surface area (Å²) in [5, 5.41) is 3.78. The Kier molecular flexibility index (Phi) is 2.14. The molecule has 0 amide bonds. The third-order valence-electron chi connectivity index (χ3n) is 1.79. The van der Waals surface area contributed by atoms with Crippen LogP contribution >= 0.6 is 15.9 Å². The first kappa shape index (κ1) is 8.44. The second-order valence-corrected chi connectivity index (χ2v) is 3.63. The van der Waals surface area contributed by atoms with Gasteiger partial charge in [0.1, 0.15) is 0 Å². The van der Waals surface area contributed by atoms with Crippen LogP contribution in [-0.2, 0) is 0 Å². The molecule has 0 spiro atoms. The van der Waals surface area contributed by atoms with Crippen LogP contribution < -0.4 is 0 Å². The van der Waals surface area contributed by atoms with Gasteiger partial charge in [0, 0.05) is 10.0 Å². The van der Waals surface area contributed by atoms with E-state index in [1.54, 1.807) is 0 Å². The Morgan fingerprint density at radius 3 is 2.85 bits per heavy atom. The summed E-state index contributed by atoms with van der Waals surface area (Å²) in [6, 6.07) is 5.94. The average Bonchev–Trinajstić information content (AvgIpc) is 2.56. The molecule has 0 fully saturated rings. The Labute approximate surface area is 83.9 Å². The van der Waals surface area contributed by atoms with Gasteiger partial charge in [-0.1, -0.05) is 21.1 Å². The highest BCUT2D eigenvalue weighted by molar-refractivity contribution is 9.10. The molecule has 3 nitrogen and oxygen atoms in total. The molecule has 0 saturated heterocycles. The van der Waals surface area contributed by atoms with Gasteiger partial charge >= 0.3 is 0 Å². The van der Waals surface area contributed by atoms with Crippen LogP contribution in [0.4, 0.5) is 0 Å². The van der Waals surface area contributed by atoms with E-state index in [4.69, 9.17) is 0 Å². The normalized spacial score (nSPS) is 10.3. The van der Waals surface area contributed by atoms with Crippen molar-refractivity contribution in [3.8, 4) is 11.4 Å². The zero-order valence-corrected chi connectivity index (χ0v) is 8.58. The fraction of sp³-hybridized carbons (Fsp3) is 0.111. The lowest BCUT2D eigenvalue weighted by Crippen LogP contribution is -1.84. The van der Waals surface area contributed by atoms with E-state index in [0.717, 1.165) is 15.6 Å². The molecule has 13 heavy (non-hydrogen) atoms. The van der Waals surface area contributed by atoms with Gasteiger partial charge in [-0.3, -0.25) is 0 Å². The fourth-order valence-electron chi connectivity index (χ4n) is 1.17. The van der Waals surface area contributed by atoms with Gasteiger partial charge in [0.25, 0.3) is 0 Å². The standard InChI is InChI=1S/C9H7BrN2O/c1-6-4-7(10)2-3-8(6)9-11-5-13-12-9/h2-5H,1H3. The molecule has 66 valence electrons. The van der Waals surface area contributed by atoms with Crippen molar-refractivity contribution in [1.82, 2.24) is 10.1 Å². The maximum atomic E-state index is 4.68. The summed E-state index contributed by atoms with van der Waals surface area (Å²) in [6.07, 6.45) is 1.33. The van der Waals surface area contributed by atoms with Gasteiger partial charge in [-0.25, -0.2) is 0 Å². The molecule has 0 radical (unpaired) electrons. The molecule has 2 aromatic rings. The van der Waals surface area contributed by atoms with Crippen molar-refractivity contribution in [2.45, 2.75) is 6.92 Å². The van der Waals surface area contributed by atoms with Gasteiger partial charge in [0.15, 0.2) is 0 Å². The number of nitrogens with zero attached hydrogens (tertiary/aromatic N) is 2. The first-order valence-corrected chi connectivity index (χ1v) is 4.59. The topological polar surface area (TPSA) is 38.9 Å². The Bertz CT molecular complexity index is 412. The van der Waals surface area contributed by atoms with Crippen LogP contribution in [0.15, 0.2) is 33.6 Å². The minimum Gasteiger partial charge on any atom is -0.342 e. The van der Waals surface area contributed by atoms with E-state index in [1.165, 1.54) is 6.39 Å². The molecule has 2 rings (SSSR count). The molecule has 0 aliphatic heterocycles. The molecule has 4 heteroatoms. The van der Waals surface area contributed by atoms with E-state index in [9.17, 15) is 0 Å². The van der Waals surface area contributed by atoms with Crippen LogP contribution in [0.1, 0.15) is 5.56 Å². The number of halogens is 1. The van der Waals surface area contributed by atoms with Crippen molar-refractivity contribution < 1.29 is 4.52 Å². The van der Waals surface area contributed by atoms with Gasteiger partial charge in [-0.2, -0.15) is 4.98 Å². The van der Waals surface area contributed by atoms with Crippen molar-refractivity contribution in [3.63, 3.8) is 0 Å². The van der Waals surface area contributed by atoms with Crippen molar-refractivity contribution in [2.75, 3.05) is 0 Å². The van der Waals surface area contributed by atoms with Crippen LogP contribution in [0, 0.1) is 6.92 Å². The molecule has 1 aromatic carbocycles. The SMILES string of the molecule is Cc1cc(Br)ccc1-c1ncon1. The van der Waals surface area contributed by atoms with Gasteiger partial charge in [0.05, 0.1) is 0 Å². The summed E-state index contributed by atoms with van der Waals surface area (Å²) in [5.74, 6) is 0.630. The summed E-state index contributed by atoms with van der Waals surface area (Å²) in [5.41, 5.74) is 2.12. The second kappa shape index (κ2) is 3.30. The number of hydrogen-bond acceptors (Lipinski definition) is 3. The molecule has 0 bridgehead atoms. The Balaban J connectivity index is 2.53. The number of hydrogen-bond donors (Lipinski definition) is 0. The van der Waals surface area contributed by atoms with Gasteiger partial charge in [0.2, 0.25) is 12.2 Å². The third kappa shape index (κ3) is 1.62. The number of aryl methyl sites for hydroxylation is 1. The van der Waals surface area contributed by atoms with E-state index in [1.807, 2.05) is 25.1 Å². The zero-order chi connectivity index (χ0) is 9.26. The minimum absolute atomic E-state index is 0.630. The van der Waals surface area contributed by atoms with Crippen molar-refractivity contribution >= 4 is 15.9 Å². The van der Waals surface area contributed by atoms with Crippen molar-refractivity contribution in [3.05, 3.63) is 34.6 Å². The number of aromatic nitrogens is 2. The lowest BCUT2D eigenvalue weighted by molar-refractivity contribution is 0.418. The Hall–Kier alpha value is -1.16. The highest BCUT2D eigenvalue weighted by Gasteiger charge is 2.05. The maximum Gasteiger partial charge on any atom is 0.214 e. The van der Waals surface area contributed by atoms with E-state index in [0.29, 0.717) is 5.82 Å². The first-order chi connectivity index (χ1) is 6.27. The van der Waals surface area contributed by atoms with Crippen molar-refractivity contribution in [1.29, 1.82) is 0 Å². The minimum atomic E-state index is 0.630.